The Morgan fingerprint density at radius 2 is 2.15 bits per heavy atom. The first-order chi connectivity index (χ1) is 6.08. The van der Waals surface area contributed by atoms with Gasteiger partial charge in [0.1, 0.15) is 6.29 Å². The average Bonchev–Trinajstić information content (AvgIpc) is 2.05. The Morgan fingerprint density at radius 3 is 2.54 bits per heavy atom. The van der Waals surface area contributed by atoms with Gasteiger partial charge in [-0.05, 0) is 32.8 Å². The maximum absolute atomic E-state index is 10.2. The summed E-state index contributed by atoms with van der Waals surface area (Å²) in [5.74, 6) is 0. The first-order valence-corrected chi connectivity index (χ1v) is 4.74. The number of methoxy groups -OCH3 is 1. The molecule has 0 fully saturated rings. The largest absolute Gasteiger partial charge is 0.378 e. The summed E-state index contributed by atoms with van der Waals surface area (Å²) in [7, 11) is 1.73. The van der Waals surface area contributed by atoms with Crippen LogP contribution in [-0.2, 0) is 9.53 Å². The Morgan fingerprint density at radius 1 is 1.54 bits per heavy atom. The predicted molar refractivity (Wildman–Crippen MR) is 54.8 cm³/mol. The molecule has 0 aromatic rings. The fourth-order valence-electron chi connectivity index (χ4n) is 1.56. The molecule has 0 saturated heterocycles. The van der Waals surface area contributed by atoms with Crippen LogP contribution in [0.3, 0.4) is 0 Å². The molecule has 2 nitrogen and oxygen atoms in total. The van der Waals surface area contributed by atoms with Crippen molar-refractivity contribution in [3.8, 4) is 0 Å². The zero-order chi connectivity index (χ0) is 10.3. The van der Waals surface area contributed by atoms with E-state index in [1.165, 1.54) is 0 Å². The van der Waals surface area contributed by atoms with Gasteiger partial charge in [-0.3, -0.25) is 4.79 Å². The predicted octanol–water partition coefficient (Wildman–Crippen LogP) is 2.73. The third-order valence-corrected chi connectivity index (χ3v) is 2.28. The minimum Gasteiger partial charge on any atom is -0.378 e. The van der Waals surface area contributed by atoms with E-state index in [9.17, 15) is 4.79 Å². The fourth-order valence-corrected chi connectivity index (χ4v) is 1.56. The van der Waals surface area contributed by atoms with Gasteiger partial charge >= 0.3 is 0 Å². The third-order valence-electron chi connectivity index (χ3n) is 2.28. The molecule has 1 atom stereocenters. The van der Waals surface area contributed by atoms with Crippen LogP contribution in [0.1, 0.15) is 40.0 Å². The molecule has 0 aliphatic rings. The van der Waals surface area contributed by atoms with E-state index in [-0.39, 0.29) is 5.60 Å². The second-order valence-corrected chi connectivity index (χ2v) is 3.73. The normalized spacial score (nSPS) is 16.8. The molecular weight excluding hydrogens is 164 g/mol. The summed E-state index contributed by atoms with van der Waals surface area (Å²) in [5.41, 5.74) is 0.964. The number of carbonyl (C=O) groups excluding carboxylic acids is 1. The van der Waals surface area contributed by atoms with Crippen molar-refractivity contribution in [1.29, 1.82) is 0 Å². The smallest absolute Gasteiger partial charge is 0.142 e. The zero-order valence-electron chi connectivity index (χ0n) is 9.09. The molecule has 76 valence electrons. The number of ether oxygens (including phenoxy) is 1. The SMILES string of the molecule is CCCC(C)(CC(C)=CC=O)OC. The second kappa shape index (κ2) is 5.92. The number of aldehydes is 1. The van der Waals surface area contributed by atoms with Crippen molar-refractivity contribution < 1.29 is 9.53 Å². The number of rotatable bonds is 6. The molecule has 0 aromatic carbocycles. The van der Waals surface area contributed by atoms with Crippen LogP contribution in [0.2, 0.25) is 0 Å². The summed E-state index contributed by atoms with van der Waals surface area (Å²) in [5, 5.41) is 0. The third kappa shape index (κ3) is 4.83. The van der Waals surface area contributed by atoms with Crippen LogP contribution in [0.25, 0.3) is 0 Å². The van der Waals surface area contributed by atoms with Crippen molar-refractivity contribution in [2.24, 2.45) is 0 Å². The van der Waals surface area contributed by atoms with E-state index >= 15 is 0 Å². The molecule has 0 aromatic heterocycles. The lowest BCUT2D eigenvalue weighted by Gasteiger charge is -2.28. The summed E-state index contributed by atoms with van der Waals surface area (Å²) in [6.07, 6.45) is 5.38. The van der Waals surface area contributed by atoms with Gasteiger partial charge in [0, 0.05) is 7.11 Å². The zero-order valence-corrected chi connectivity index (χ0v) is 9.09. The molecule has 0 bridgehead atoms. The average molecular weight is 184 g/mol. The maximum Gasteiger partial charge on any atom is 0.142 e. The summed E-state index contributed by atoms with van der Waals surface area (Å²) < 4.78 is 5.44. The molecule has 0 rings (SSSR count). The van der Waals surface area contributed by atoms with Crippen LogP contribution < -0.4 is 0 Å². The van der Waals surface area contributed by atoms with E-state index in [1.807, 2.05) is 6.92 Å². The van der Waals surface area contributed by atoms with E-state index in [4.69, 9.17) is 4.74 Å². The van der Waals surface area contributed by atoms with E-state index in [0.29, 0.717) is 0 Å². The van der Waals surface area contributed by atoms with Crippen molar-refractivity contribution in [2.45, 2.75) is 45.6 Å². The molecule has 0 N–H and O–H groups in total. The lowest BCUT2D eigenvalue weighted by atomic mass is 9.92. The molecule has 13 heavy (non-hydrogen) atoms. The lowest BCUT2D eigenvalue weighted by molar-refractivity contribution is -0.104. The molecule has 2 heteroatoms. The van der Waals surface area contributed by atoms with Gasteiger partial charge in [-0.15, -0.1) is 0 Å². The highest BCUT2D eigenvalue weighted by Gasteiger charge is 2.22. The summed E-state index contributed by atoms with van der Waals surface area (Å²) in [4.78, 5) is 10.2. The highest BCUT2D eigenvalue weighted by molar-refractivity contribution is 5.65. The fraction of sp³-hybridized carbons (Fsp3) is 0.727. The minimum absolute atomic E-state index is 0.113. The standard InChI is InChI=1S/C11H20O2/c1-5-7-11(3,13-4)9-10(2)6-8-12/h6,8H,5,7,9H2,1-4H3. The van der Waals surface area contributed by atoms with E-state index in [2.05, 4.69) is 13.8 Å². The maximum atomic E-state index is 10.2. The van der Waals surface area contributed by atoms with Gasteiger partial charge in [0.25, 0.3) is 0 Å². The van der Waals surface area contributed by atoms with Crippen LogP contribution in [-0.4, -0.2) is 19.0 Å². The van der Waals surface area contributed by atoms with Gasteiger partial charge in [0.05, 0.1) is 5.60 Å². The van der Waals surface area contributed by atoms with Gasteiger partial charge < -0.3 is 4.74 Å². The minimum atomic E-state index is -0.113. The molecule has 0 radical (unpaired) electrons. The van der Waals surface area contributed by atoms with Crippen molar-refractivity contribution in [3.63, 3.8) is 0 Å². The summed E-state index contributed by atoms with van der Waals surface area (Å²) in [6, 6.07) is 0. The van der Waals surface area contributed by atoms with Crippen LogP contribution in [0.4, 0.5) is 0 Å². The lowest BCUT2D eigenvalue weighted by Crippen LogP contribution is -2.27. The number of carbonyl (C=O) groups is 1. The number of allylic oxidation sites excluding steroid dienone is 1. The van der Waals surface area contributed by atoms with Gasteiger partial charge in [0.2, 0.25) is 0 Å². The van der Waals surface area contributed by atoms with Gasteiger partial charge in [-0.2, -0.15) is 0 Å². The Kier molecular flexibility index (Phi) is 5.63. The Balaban J connectivity index is 4.25. The van der Waals surface area contributed by atoms with Gasteiger partial charge in [-0.25, -0.2) is 0 Å². The second-order valence-electron chi connectivity index (χ2n) is 3.73. The Bertz CT molecular complexity index is 185. The molecule has 0 heterocycles. The highest BCUT2D eigenvalue weighted by Crippen LogP contribution is 2.24. The Labute approximate surface area is 81.0 Å². The van der Waals surface area contributed by atoms with Crippen molar-refractivity contribution in [1.82, 2.24) is 0 Å². The van der Waals surface area contributed by atoms with Crippen LogP contribution in [0.5, 0.6) is 0 Å². The molecular formula is C11H20O2. The van der Waals surface area contributed by atoms with Crippen molar-refractivity contribution in [3.05, 3.63) is 11.6 Å². The van der Waals surface area contributed by atoms with Crippen LogP contribution >= 0.6 is 0 Å². The Hall–Kier alpha value is -0.630. The van der Waals surface area contributed by atoms with Crippen molar-refractivity contribution >= 4 is 6.29 Å². The van der Waals surface area contributed by atoms with Gasteiger partial charge in [0.15, 0.2) is 0 Å². The molecule has 0 aliphatic heterocycles. The first kappa shape index (κ1) is 12.4. The van der Waals surface area contributed by atoms with E-state index in [0.717, 1.165) is 31.1 Å². The van der Waals surface area contributed by atoms with Gasteiger partial charge in [-0.1, -0.05) is 18.9 Å². The molecule has 0 spiro atoms. The molecule has 0 aliphatic carbocycles. The summed E-state index contributed by atoms with van der Waals surface area (Å²) >= 11 is 0. The van der Waals surface area contributed by atoms with E-state index in [1.54, 1.807) is 13.2 Å². The van der Waals surface area contributed by atoms with E-state index < -0.39 is 0 Å². The van der Waals surface area contributed by atoms with Crippen molar-refractivity contribution in [2.75, 3.05) is 7.11 Å². The first-order valence-electron chi connectivity index (χ1n) is 4.74. The van der Waals surface area contributed by atoms with Crippen LogP contribution in [0.15, 0.2) is 11.6 Å². The molecule has 0 amide bonds. The molecule has 1 unspecified atom stereocenters. The quantitative estimate of drug-likeness (QED) is 0.468. The molecule has 0 saturated carbocycles. The topological polar surface area (TPSA) is 26.3 Å². The summed E-state index contributed by atoms with van der Waals surface area (Å²) in [6.45, 7) is 6.18. The highest BCUT2D eigenvalue weighted by atomic mass is 16.5. The monoisotopic (exact) mass is 184 g/mol. The number of hydrogen-bond donors (Lipinski definition) is 0. The van der Waals surface area contributed by atoms with Crippen LogP contribution in [0, 0.1) is 0 Å². The number of hydrogen-bond acceptors (Lipinski definition) is 2.